The molecule has 9 heteroatoms. The van der Waals surface area contributed by atoms with Crippen LogP contribution < -0.4 is 0 Å². The van der Waals surface area contributed by atoms with E-state index in [1.165, 1.54) is 0 Å². The summed E-state index contributed by atoms with van der Waals surface area (Å²) in [5, 5.41) is 0.859. The first-order valence-corrected chi connectivity index (χ1v) is 14.5. The average Bonchev–Trinajstić information content (AvgIpc) is 2.69. The zero-order chi connectivity index (χ0) is 24.0. The summed E-state index contributed by atoms with van der Waals surface area (Å²) in [6, 6.07) is 4.93. The summed E-state index contributed by atoms with van der Waals surface area (Å²) in [6.45, 7) is 12.4. The first-order valence-electron chi connectivity index (χ1n) is 10.8. The lowest BCUT2D eigenvalue weighted by atomic mass is 9.70. The van der Waals surface area contributed by atoms with Crippen molar-refractivity contribution >= 4 is 48.2 Å². The van der Waals surface area contributed by atoms with Crippen molar-refractivity contribution in [1.82, 2.24) is 5.06 Å². The van der Waals surface area contributed by atoms with Crippen molar-refractivity contribution in [3.63, 3.8) is 0 Å². The van der Waals surface area contributed by atoms with Gasteiger partial charge in [0, 0.05) is 16.0 Å². The van der Waals surface area contributed by atoms with E-state index in [-0.39, 0.29) is 17.1 Å². The molecule has 0 radical (unpaired) electrons. The number of halogens is 1. The number of aldehydes is 1. The molecule has 2 aliphatic rings. The van der Waals surface area contributed by atoms with Crippen LogP contribution in [0.4, 0.5) is 0 Å². The Morgan fingerprint density at radius 1 is 1.28 bits per heavy atom. The van der Waals surface area contributed by atoms with Crippen LogP contribution in [-0.2, 0) is 30.1 Å². The molecule has 174 valence electrons. The van der Waals surface area contributed by atoms with Crippen LogP contribution in [0.25, 0.3) is 0 Å². The molecule has 0 saturated carbocycles. The van der Waals surface area contributed by atoms with Gasteiger partial charge in [0.05, 0.1) is 18.1 Å². The van der Waals surface area contributed by atoms with E-state index in [1.54, 1.807) is 6.07 Å². The fourth-order valence-corrected chi connectivity index (χ4v) is 6.09. The molecule has 32 heavy (non-hydrogen) atoms. The first kappa shape index (κ1) is 24.8. The highest BCUT2D eigenvalue weighted by Crippen LogP contribution is 2.44. The number of hydroxylamine groups is 2. The minimum atomic E-state index is -2.19. The summed E-state index contributed by atoms with van der Waals surface area (Å²) in [7, 11) is -2.19. The van der Waals surface area contributed by atoms with Crippen molar-refractivity contribution in [2.24, 2.45) is 11.8 Å². The molecule has 4 atom stereocenters. The predicted octanol–water partition coefficient (Wildman–Crippen LogP) is 4.09. The minimum Gasteiger partial charge on any atom is -0.413 e. The zero-order valence-electron chi connectivity index (χ0n) is 19.3. The highest BCUT2D eigenvalue weighted by Gasteiger charge is 2.59. The van der Waals surface area contributed by atoms with Gasteiger partial charge >= 0.3 is 5.97 Å². The van der Waals surface area contributed by atoms with Crippen LogP contribution in [0.15, 0.2) is 22.7 Å². The second-order valence-corrected chi connectivity index (χ2v) is 15.8. The summed E-state index contributed by atoms with van der Waals surface area (Å²) in [6.07, 6.45) is 0.742. The number of carbonyl (C=O) groups is 4. The normalized spacial score (nSPS) is 24.5. The van der Waals surface area contributed by atoms with Crippen LogP contribution in [0.1, 0.15) is 50.0 Å². The Morgan fingerprint density at radius 2 is 1.94 bits per heavy atom. The standard InChI is InChI=1S/C23H30BrNO6Si/c1-13(31-32(5,6)23(2,3)4)19-20(25(22(19)29)30-18(27)12-26)16-10-8-14-7-9-15(24)11-17(14)21(16)28/h7,9,11-13,16,19-20H,8,10H2,1-6H3/t13-,16+,19-,20-/m1/s1. The first-order chi connectivity index (χ1) is 14.8. The quantitative estimate of drug-likeness (QED) is 0.241. The number of ketones is 1. The molecule has 0 aromatic heterocycles. The van der Waals surface area contributed by atoms with E-state index in [0.29, 0.717) is 18.4 Å². The zero-order valence-corrected chi connectivity index (χ0v) is 21.9. The Labute approximate surface area is 198 Å². The van der Waals surface area contributed by atoms with Crippen molar-refractivity contribution in [3.8, 4) is 0 Å². The summed E-state index contributed by atoms with van der Waals surface area (Å²) in [5.74, 6) is -2.88. The fraction of sp³-hybridized carbons (Fsp3) is 0.565. The largest absolute Gasteiger partial charge is 0.413 e. The number of rotatable bonds is 6. The molecule has 7 nitrogen and oxygen atoms in total. The van der Waals surface area contributed by atoms with Crippen LogP contribution in [0, 0.1) is 11.8 Å². The molecule has 0 N–H and O–H groups in total. The Hall–Kier alpha value is -1.84. The average molecular weight is 524 g/mol. The Balaban J connectivity index is 1.92. The molecule has 0 bridgehead atoms. The molecule has 0 spiro atoms. The van der Waals surface area contributed by atoms with Gasteiger partial charge in [-0.05, 0) is 55.6 Å². The van der Waals surface area contributed by atoms with Gasteiger partial charge in [-0.1, -0.05) is 42.8 Å². The number of aryl methyl sites for hydroxylation is 1. The molecule has 1 fully saturated rings. The second kappa shape index (κ2) is 8.83. The van der Waals surface area contributed by atoms with Gasteiger partial charge in [0.2, 0.25) is 6.29 Å². The molecule has 3 rings (SSSR count). The number of hydrogen-bond donors (Lipinski definition) is 0. The molecule has 1 saturated heterocycles. The van der Waals surface area contributed by atoms with Gasteiger partial charge in [-0.25, -0.2) is 4.79 Å². The van der Waals surface area contributed by atoms with Crippen LogP contribution in [0.2, 0.25) is 18.1 Å². The van der Waals surface area contributed by atoms with Gasteiger partial charge in [-0.2, -0.15) is 5.06 Å². The summed E-state index contributed by atoms with van der Waals surface area (Å²) >= 11 is 3.42. The van der Waals surface area contributed by atoms with E-state index in [0.717, 1.165) is 15.1 Å². The molecule has 1 aromatic carbocycles. The van der Waals surface area contributed by atoms with Crippen LogP contribution >= 0.6 is 15.9 Å². The summed E-state index contributed by atoms with van der Waals surface area (Å²) in [5.41, 5.74) is 1.56. The van der Waals surface area contributed by atoms with Gasteiger partial charge in [-0.3, -0.25) is 14.4 Å². The van der Waals surface area contributed by atoms with Gasteiger partial charge in [-0.15, -0.1) is 0 Å². The number of carbonyl (C=O) groups excluding carboxylic acids is 4. The Morgan fingerprint density at radius 3 is 2.53 bits per heavy atom. The Bertz CT molecular complexity index is 956. The molecule has 1 amide bonds. The van der Waals surface area contributed by atoms with E-state index < -0.39 is 44.2 Å². The lowest BCUT2D eigenvalue weighted by Gasteiger charge is -2.51. The van der Waals surface area contributed by atoms with Crippen molar-refractivity contribution < 1.29 is 28.4 Å². The molecular weight excluding hydrogens is 494 g/mol. The molecule has 1 aromatic rings. The number of Topliss-reactive ketones (excluding diaryl/α,β-unsaturated/α-hetero) is 1. The van der Waals surface area contributed by atoms with Crippen LogP contribution in [0.5, 0.6) is 0 Å². The van der Waals surface area contributed by atoms with E-state index in [4.69, 9.17) is 9.26 Å². The third kappa shape index (κ3) is 4.47. The van der Waals surface area contributed by atoms with Gasteiger partial charge in [0.25, 0.3) is 5.91 Å². The third-order valence-electron chi connectivity index (χ3n) is 7.03. The lowest BCUT2D eigenvalue weighted by Crippen LogP contribution is -2.69. The van der Waals surface area contributed by atoms with Gasteiger partial charge < -0.3 is 9.26 Å². The van der Waals surface area contributed by atoms with E-state index in [2.05, 4.69) is 49.8 Å². The third-order valence-corrected chi connectivity index (χ3v) is 12.1. The molecular formula is C23H30BrNO6Si. The van der Waals surface area contributed by atoms with Gasteiger partial charge in [0.15, 0.2) is 14.1 Å². The van der Waals surface area contributed by atoms with Crippen molar-refractivity contribution in [2.45, 2.75) is 70.8 Å². The minimum absolute atomic E-state index is 0.0162. The topological polar surface area (TPSA) is 90.0 Å². The maximum atomic E-state index is 13.4. The van der Waals surface area contributed by atoms with Crippen LogP contribution in [0.3, 0.4) is 0 Å². The molecule has 1 heterocycles. The summed E-state index contributed by atoms with van der Waals surface area (Å²) < 4.78 is 7.26. The van der Waals surface area contributed by atoms with Crippen molar-refractivity contribution in [3.05, 3.63) is 33.8 Å². The van der Waals surface area contributed by atoms with E-state index in [1.807, 2.05) is 19.1 Å². The Kier molecular flexibility index (Phi) is 6.84. The number of amides is 1. The molecule has 1 aliphatic carbocycles. The van der Waals surface area contributed by atoms with Crippen molar-refractivity contribution in [1.29, 1.82) is 0 Å². The maximum absolute atomic E-state index is 13.4. The second-order valence-electron chi connectivity index (χ2n) is 10.1. The highest BCUT2D eigenvalue weighted by atomic mass is 79.9. The summed E-state index contributed by atoms with van der Waals surface area (Å²) in [4.78, 5) is 53.9. The smallest absolute Gasteiger partial charge is 0.395 e. The monoisotopic (exact) mass is 523 g/mol. The predicted molar refractivity (Wildman–Crippen MR) is 124 cm³/mol. The number of nitrogens with zero attached hydrogens (tertiary/aromatic N) is 1. The number of fused-ring (bicyclic) bond motifs is 1. The van der Waals surface area contributed by atoms with Gasteiger partial charge in [0.1, 0.15) is 0 Å². The SMILES string of the molecule is C[C@@H](O[Si](C)(C)C(C)(C)C)[C@H]1C(=O)N(OC(=O)C=O)[C@@H]1[C@@H]1CCc2ccc(Br)cc2C1=O. The maximum Gasteiger partial charge on any atom is 0.395 e. The van der Waals surface area contributed by atoms with Crippen LogP contribution in [-0.4, -0.2) is 49.5 Å². The molecule has 1 aliphatic heterocycles. The van der Waals surface area contributed by atoms with E-state index >= 15 is 0 Å². The fourth-order valence-electron chi connectivity index (χ4n) is 4.30. The van der Waals surface area contributed by atoms with E-state index in [9.17, 15) is 19.2 Å². The molecule has 0 unspecified atom stereocenters. The lowest BCUT2D eigenvalue weighted by molar-refractivity contribution is -0.247. The number of benzene rings is 1. The highest BCUT2D eigenvalue weighted by molar-refractivity contribution is 9.10. The number of β-lactam (4-membered cyclic amide) rings is 1. The number of hydrogen-bond acceptors (Lipinski definition) is 6. The van der Waals surface area contributed by atoms with Crippen molar-refractivity contribution in [2.75, 3.05) is 0 Å².